The van der Waals surface area contributed by atoms with Crippen LogP contribution in [0.25, 0.3) is 0 Å². The first-order valence-electron chi connectivity index (χ1n) is 5.37. The van der Waals surface area contributed by atoms with Crippen molar-refractivity contribution in [3.8, 4) is 0 Å². The normalized spacial score (nSPS) is 16.5. The molecule has 96 valence electrons. The zero-order valence-electron chi connectivity index (χ0n) is 9.64. The van der Waals surface area contributed by atoms with Crippen LogP contribution in [0.2, 0.25) is 0 Å². The van der Waals surface area contributed by atoms with Crippen LogP contribution in [0.15, 0.2) is 0 Å². The number of carbonyl (C=O) groups is 2. The molecule has 1 rings (SSSR count). The number of thiol groups is 1. The van der Waals surface area contributed by atoms with Gasteiger partial charge in [0.1, 0.15) is 10.9 Å². The lowest BCUT2D eigenvalue weighted by Crippen LogP contribution is -2.42. The highest BCUT2D eigenvalue weighted by atomic mass is 32.1. The number of esters is 1. The summed E-state index contributed by atoms with van der Waals surface area (Å²) in [5, 5.41) is 2.56. The standard InChI is InChI=1S/C10H16N2O3S2/c1-15-8(13)6-11-9(14)7-2-4-12(5-3-7)10(16)17/h7H,2-6H2,1H3,(H,11,14)(H,16,17). The van der Waals surface area contributed by atoms with Crippen molar-refractivity contribution in [2.75, 3.05) is 26.7 Å². The third-order valence-corrected chi connectivity index (χ3v) is 3.31. The molecule has 0 radical (unpaired) electrons. The highest BCUT2D eigenvalue weighted by Gasteiger charge is 2.25. The summed E-state index contributed by atoms with van der Waals surface area (Å²) in [6, 6.07) is 0. The second-order valence-corrected chi connectivity index (χ2v) is 4.95. The average molecular weight is 276 g/mol. The minimum Gasteiger partial charge on any atom is -0.468 e. The number of carbonyl (C=O) groups excluding carboxylic acids is 2. The Labute approximate surface area is 111 Å². The number of likely N-dealkylation sites (tertiary alicyclic amines) is 1. The Morgan fingerprint density at radius 3 is 2.53 bits per heavy atom. The molecule has 0 aromatic heterocycles. The molecule has 17 heavy (non-hydrogen) atoms. The lowest BCUT2D eigenvalue weighted by Gasteiger charge is -2.31. The van der Waals surface area contributed by atoms with E-state index < -0.39 is 5.97 Å². The predicted molar refractivity (Wildman–Crippen MR) is 70.9 cm³/mol. The SMILES string of the molecule is COC(=O)CNC(=O)C1CCN(C(=S)S)CC1. The Morgan fingerprint density at radius 1 is 1.47 bits per heavy atom. The number of nitrogens with one attached hydrogen (secondary N) is 1. The number of thiocarbonyl (C=S) groups is 1. The Hall–Kier alpha value is -0.820. The van der Waals surface area contributed by atoms with E-state index in [0.29, 0.717) is 4.32 Å². The monoisotopic (exact) mass is 276 g/mol. The third-order valence-electron chi connectivity index (χ3n) is 2.77. The van der Waals surface area contributed by atoms with E-state index in [1.165, 1.54) is 7.11 Å². The Balaban J connectivity index is 2.31. The van der Waals surface area contributed by atoms with Gasteiger partial charge in [0, 0.05) is 19.0 Å². The van der Waals surface area contributed by atoms with E-state index in [-0.39, 0.29) is 18.4 Å². The summed E-state index contributed by atoms with van der Waals surface area (Å²) in [7, 11) is 1.29. The van der Waals surface area contributed by atoms with E-state index in [1.54, 1.807) is 0 Å². The smallest absolute Gasteiger partial charge is 0.325 e. The molecule has 1 aliphatic rings. The van der Waals surface area contributed by atoms with E-state index in [0.717, 1.165) is 25.9 Å². The van der Waals surface area contributed by atoms with Gasteiger partial charge in [-0.15, -0.1) is 12.6 Å². The molecule has 1 heterocycles. The molecule has 1 N–H and O–H groups in total. The van der Waals surface area contributed by atoms with Crippen molar-refractivity contribution in [2.45, 2.75) is 12.8 Å². The molecule has 0 saturated carbocycles. The van der Waals surface area contributed by atoms with Gasteiger partial charge in [0.25, 0.3) is 0 Å². The fourth-order valence-electron chi connectivity index (χ4n) is 1.71. The Bertz CT molecular complexity index is 315. The fraction of sp³-hybridized carbons (Fsp3) is 0.700. The molecule has 0 aliphatic carbocycles. The second kappa shape index (κ2) is 6.80. The van der Waals surface area contributed by atoms with Crippen molar-refractivity contribution in [3.05, 3.63) is 0 Å². The number of nitrogens with zero attached hydrogens (tertiary/aromatic N) is 1. The number of rotatable bonds is 3. The molecule has 0 aromatic rings. The maximum atomic E-state index is 11.7. The molecule has 5 nitrogen and oxygen atoms in total. The van der Waals surface area contributed by atoms with Crippen LogP contribution in [-0.2, 0) is 14.3 Å². The zero-order valence-corrected chi connectivity index (χ0v) is 11.4. The van der Waals surface area contributed by atoms with Gasteiger partial charge in [0.15, 0.2) is 0 Å². The second-order valence-electron chi connectivity index (χ2n) is 3.84. The van der Waals surface area contributed by atoms with E-state index in [9.17, 15) is 9.59 Å². The van der Waals surface area contributed by atoms with Crippen LogP contribution in [0.4, 0.5) is 0 Å². The summed E-state index contributed by atoms with van der Waals surface area (Å²) in [5.74, 6) is -0.592. The van der Waals surface area contributed by atoms with Crippen molar-refractivity contribution in [2.24, 2.45) is 5.92 Å². The largest absolute Gasteiger partial charge is 0.468 e. The van der Waals surface area contributed by atoms with E-state index in [1.807, 2.05) is 4.90 Å². The molecule has 0 unspecified atom stereocenters. The van der Waals surface area contributed by atoms with Crippen molar-refractivity contribution < 1.29 is 14.3 Å². The van der Waals surface area contributed by atoms with Gasteiger partial charge in [-0.2, -0.15) is 0 Å². The number of ether oxygens (including phenoxy) is 1. The summed E-state index contributed by atoms with van der Waals surface area (Å²) >= 11 is 9.05. The summed E-state index contributed by atoms with van der Waals surface area (Å²) in [4.78, 5) is 24.5. The minimum absolute atomic E-state index is 0.0569. The lowest BCUT2D eigenvalue weighted by molar-refractivity contribution is -0.141. The third kappa shape index (κ3) is 4.51. The number of piperidine rings is 1. The van der Waals surface area contributed by atoms with Gasteiger partial charge in [-0.05, 0) is 12.8 Å². The molecular weight excluding hydrogens is 260 g/mol. The van der Waals surface area contributed by atoms with Gasteiger partial charge in [0.2, 0.25) is 5.91 Å². The topological polar surface area (TPSA) is 58.6 Å². The van der Waals surface area contributed by atoms with Crippen molar-refractivity contribution >= 4 is 41.0 Å². The first-order valence-corrected chi connectivity index (χ1v) is 6.22. The van der Waals surface area contributed by atoms with Crippen LogP contribution in [-0.4, -0.2) is 47.8 Å². The molecule has 1 saturated heterocycles. The molecule has 1 fully saturated rings. The van der Waals surface area contributed by atoms with Crippen molar-refractivity contribution in [3.63, 3.8) is 0 Å². The van der Waals surface area contributed by atoms with E-state index in [4.69, 9.17) is 12.2 Å². The van der Waals surface area contributed by atoms with Crippen molar-refractivity contribution in [1.82, 2.24) is 10.2 Å². The predicted octanol–water partition coefficient (Wildman–Crippen LogP) is 0.202. The van der Waals surface area contributed by atoms with Crippen LogP contribution in [0.5, 0.6) is 0 Å². The number of amides is 1. The Morgan fingerprint density at radius 2 is 2.06 bits per heavy atom. The molecular formula is C10H16N2O3S2. The Kier molecular flexibility index (Phi) is 5.70. The maximum absolute atomic E-state index is 11.7. The van der Waals surface area contributed by atoms with Gasteiger partial charge in [-0.1, -0.05) is 12.2 Å². The molecule has 7 heteroatoms. The number of hydrogen-bond acceptors (Lipinski definition) is 4. The van der Waals surface area contributed by atoms with Gasteiger partial charge in [0.05, 0.1) is 7.11 Å². The number of methoxy groups -OCH3 is 1. The van der Waals surface area contributed by atoms with Gasteiger partial charge in [-0.25, -0.2) is 0 Å². The molecule has 1 aliphatic heterocycles. The average Bonchev–Trinajstić information content (AvgIpc) is 2.35. The van der Waals surface area contributed by atoms with Gasteiger partial charge in [-0.3, -0.25) is 9.59 Å². The van der Waals surface area contributed by atoms with Gasteiger partial charge < -0.3 is 15.0 Å². The first kappa shape index (κ1) is 14.2. The van der Waals surface area contributed by atoms with E-state index >= 15 is 0 Å². The quantitative estimate of drug-likeness (QED) is 0.438. The minimum atomic E-state index is -0.438. The first-order chi connectivity index (χ1) is 8.04. The van der Waals surface area contributed by atoms with E-state index in [2.05, 4.69) is 22.7 Å². The van der Waals surface area contributed by atoms with Crippen molar-refractivity contribution in [1.29, 1.82) is 0 Å². The van der Waals surface area contributed by atoms with Crippen LogP contribution in [0, 0.1) is 5.92 Å². The number of hydrogen-bond donors (Lipinski definition) is 2. The molecule has 0 spiro atoms. The van der Waals surface area contributed by atoms with Gasteiger partial charge >= 0.3 is 5.97 Å². The summed E-state index contributed by atoms with van der Waals surface area (Å²) in [6.45, 7) is 1.40. The lowest BCUT2D eigenvalue weighted by atomic mass is 9.96. The summed E-state index contributed by atoms with van der Waals surface area (Å²) in [5.41, 5.74) is 0. The highest BCUT2D eigenvalue weighted by Crippen LogP contribution is 2.18. The molecule has 0 aromatic carbocycles. The summed E-state index contributed by atoms with van der Waals surface area (Å²) in [6.07, 6.45) is 1.46. The molecule has 0 bridgehead atoms. The fourth-order valence-corrected chi connectivity index (χ4v) is 2.09. The maximum Gasteiger partial charge on any atom is 0.325 e. The van der Waals surface area contributed by atoms with Crippen LogP contribution >= 0.6 is 24.8 Å². The van der Waals surface area contributed by atoms with Crippen LogP contribution in [0.1, 0.15) is 12.8 Å². The molecule has 1 amide bonds. The van der Waals surface area contributed by atoms with Crippen LogP contribution < -0.4 is 5.32 Å². The summed E-state index contributed by atoms with van der Waals surface area (Å²) < 4.78 is 5.02. The van der Waals surface area contributed by atoms with Crippen LogP contribution in [0.3, 0.4) is 0 Å². The zero-order chi connectivity index (χ0) is 12.8. The highest BCUT2D eigenvalue weighted by molar-refractivity contribution is 8.10. The molecule has 0 atom stereocenters.